The Balaban J connectivity index is 1.14. The van der Waals surface area contributed by atoms with Gasteiger partial charge in [-0.2, -0.15) is 0 Å². The Morgan fingerprint density at radius 1 is 1.11 bits per heavy atom. The first kappa shape index (κ1) is 21.4. The van der Waals surface area contributed by atoms with Gasteiger partial charge in [0.15, 0.2) is 5.82 Å². The van der Waals surface area contributed by atoms with Crippen molar-refractivity contribution < 1.29 is 9.18 Å². The van der Waals surface area contributed by atoms with Crippen LogP contribution in [-0.4, -0.2) is 35.2 Å². The number of nitrogens with one attached hydrogen (secondary N) is 1. The Morgan fingerprint density at radius 2 is 1.97 bits per heavy atom. The lowest BCUT2D eigenvalue weighted by Crippen LogP contribution is -2.16. The highest BCUT2D eigenvalue weighted by Crippen LogP contribution is 2.42. The third-order valence-electron chi connectivity index (χ3n) is 7.60. The Bertz CT molecular complexity index is 1500. The molecule has 2 fully saturated rings. The number of rotatable bonds is 6. The smallest absolute Gasteiger partial charge is 0.259 e. The minimum Gasteiger partial charge on any atom is -0.309 e. The number of imidazole rings is 1. The summed E-state index contributed by atoms with van der Waals surface area (Å²) >= 11 is 0. The largest absolute Gasteiger partial charge is 0.309 e. The third kappa shape index (κ3) is 3.79. The molecule has 1 atom stereocenters. The van der Waals surface area contributed by atoms with Crippen LogP contribution in [0.2, 0.25) is 0 Å². The number of halogens is 1. The zero-order chi connectivity index (χ0) is 24.4. The highest BCUT2D eigenvalue weighted by atomic mass is 19.1. The van der Waals surface area contributed by atoms with Gasteiger partial charge in [-0.05, 0) is 74.3 Å². The van der Waals surface area contributed by atoms with Crippen LogP contribution in [0.3, 0.4) is 0 Å². The number of aromatic nitrogens is 6. The third-order valence-corrected chi connectivity index (χ3v) is 7.60. The summed E-state index contributed by atoms with van der Waals surface area (Å²) in [5.41, 5.74) is 3.09. The minimum atomic E-state index is -0.575. The molecule has 4 heterocycles. The second kappa shape index (κ2) is 8.08. The summed E-state index contributed by atoms with van der Waals surface area (Å²) < 4.78 is 18.9. The fourth-order valence-electron chi connectivity index (χ4n) is 5.27. The molecule has 1 aromatic carbocycles. The van der Waals surface area contributed by atoms with E-state index in [0.717, 1.165) is 54.5 Å². The van der Waals surface area contributed by atoms with Crippen LogP contribution in [0, 0.1) is 24.6 Å². The van der Waals surface area contributed by atoms with Gasteiger partial charge in [0, 0.05) is 25.1 Å². The Labute approximate surface area is 207 Å². The Morgan fingerprint density at radius 3 is 2.78 bits per heavy atom. The molecule has 1 amide bonds. The zero-order valence-corrected chi connectivity index (χ0v) is 20.0. The number of hydrogen-bond acceptors (Lipinski definition) is 5. The first-order chi connectivity index (χ1) is 17.5. The van der Waals surface area contributed by atoms with E-state index >= 15 is 0 Å². The number of anilines is 1. The van der Waals surface area contributed by atoms with E-state index in [-0.39, 0.29) is 5.56 Å². The number of carbonyl (C=O) groups excluding carboxylic acids is 1. The van der Waals surface area contributed by atoms with Gasteiger partial charge in [-0.25, -0.2) is 14.4 Å². The summed E-state index contributed by atoms with van der Waals surface area (Å²) in [5, 5.41) is 11.5. The lowest BCUT2D eigenvalue weighted by molar-refractivity contribution is 0.102. The molecular weight excluding hydrogens is 457 g/mol. The van der Waals surface area contributed by atoms with Crippen molar-refractivity contribution >= 4 is 11.7 Å². The molecule has 1 unspecified atom stereocenters. The molecule has 0 saturated heterocycles. The lowest BCUT2D eigenvalue weighted by atomic mass is 10.0. The first-order valence-electron chi connectivity index (χ1n) is 12.6. The van der Waals surface area contributed by atoms with E-state index in [1.807, 2.05) is 29.8 Å². The normalized spacial score (nSPS) is 18.9. The van der Waals surface area contributed by atoms with Gasteiger partial charge >= 0.3 is 0 Å². The molecular formula is C27H26FN7O. The number of benzene rings is 1. The van der Waals surface area contributed by atoms with Crippen molar-refractivity contribution in [3.05, 3.63) is 71.3 Å². The molecule has 0 bridgehead atoms. The zero-order valence-electron chi connectivity index (χ0n) is 20.0. The van der Waals surface area contributed by atoms with E-state index in [1.54, 1.807) is 18.5 Å². The van der Waals surface area contributed by atoms with Crippen LogP contribution in [0.5, 0.6) is 0 Å². The van der Waals surface area contributed by atoms with Crippen molar-refractivity contribution in [3.8, 4) is 17.2 Å². The maximum Gasteiger partial charge on any atom is 0.259 e. The van der Waals surface area contributed by atoms with Gasteiger partial charge in [-0.1, -0.05) is 6.07 Å². The van der Waals surface area contributed by atoms with Crippen LogP contribution in [0.4, 0.5) is 10.2 Å². The molecule has 7 rings (SSSR count). The number of fused-ring (bicyclic) bond motifs is 1. The molecule has 8 nitrogen and oxygen atoms in total. The van der Waals surface area contributed by atoms with Crippen LogP contribution in [0.15, 0.2) is 42.9 Å². The molecule has 182 valence electrons. The molecule has 2 aliphatic carbocycles. The minimum absolute atomic E-state index is 0.0416. The van der Waals surface area contributed by atoms with E-state index in [9.17, 15) is 9.18 Å². The molecule has 3 aliphatic rings. The standard InChI is InChI=1S/C27H26FN7O/c1-15-9-20(28)19(11-23(15)34-13-22(29-14-34)17-7-8-17)27(36)31-24-4-2-3-21(30-24)26-33-32-25-10-18(12-35(25)26)16-5-6-16/h2-4,9,11,13-14,16-18H,5-8,10,12H2,1H3,(H,30,31,36). The topological polar surface area (TPSA) is 90.5 Å². The number of hydrogen-bond donors (Lipinski definition) is 1. The van der Waals surface area contributed by atoms with Gasteiger partial charge in [0.25, 0.3) is 5.91 Å². The van der Waals surface area contributed by atoms with Crippen molar-refractivity contribution in [1.29, 1.82) is 0 Å². The van der Waals surface area contributed by atoms with E-state index < -0.39 is 11.7 Å². The predicted molar refractivity (Wildman–Crippen MR) is 131 cm³/mol. The van der Waals surface area contributed by atoms with Crippen molar-refractivity contribution in [3.63, 3.8) is 0 Å². The molecule has 36 heavy (non-hydrogen) atoms. The van der Waals surface area contributed by atoms with Crippen LogP contribution >= 0.6 is 0 Å². The average molecular weight is 484 g/mol. The predicted octanol–water partition coefficient (Wildman–Crippen LogP) is 4.69. The molecule has 4 aromatic rings. The molecule has 9 heteroatoms. The lowest BCUT2D eigenvalue weighted by Gasteiger charge is -2.12. The van der Waals surface area contributed by atoms with Crippen molar-refractivity contribution in [2.45, 2.75) is 51.5 Å². The number of nitrogens with zero attached hydrogens (tertiary/aromatic N) is 6. The van der Waals surface area contributed by atoms with E-state index in [1.165, 1.54) is 18.9 Å². The van der Waals surface area contributed by atoms with Gasteiger partial charge in [0.1, 0.15) is 23.2 Å². The number of amides is 1. The Kier molecular flexibility index (Phi) is 4.80. The van der Waals surface area contributed by atoms with Crippen molar-refractivity contribution in [1.82, 2.24) is 29.3 Å². The van der Waals surface area contributed by atoms with E-state index in [4.69, 9.17) is 0 Å². The van der Waals surface area contributed by atoms with Gasteiger partial charge in [0.2, 0.25) is 0 Å². The van der Waals surface area contributed by atoms with E-state index in [0.29, 0.717) is 29.2 Å². The monoisotopic (exact) mass is 483 g/mol. The molecule has 1 N–H and O–H groups in total. The number of aryl methyl sites for hydroxylation is 1. The summed E-state index contributed by atoms with van der Waals surface area (Å²) in [6.45, 7) is 2.74. The maximum absolute atomic E-state index is 14.9. The summed E-state index contributed by atoms with van der Waals surface area (Å²) in [4.78, 5) is 22.2. The second-order valence-corrected chi connectivity index (χ2v) is 10.3. The van der Waals surface area contributed by atoms with Crippen LogP contribution in [0.25, 0.3) is 17.2 Å². The summed E-state index contributed by atoms with van der Waals surface area (Å²) in [7, 11) is 0. The fourth-order valence-corrected chi connectivity index (χ4v) is 5.27. The maximum atomic E-state index is 14.9. The first-order valence-corrected chi connectivity index (χ1v) is 12.6. The molecule has 2 saturated carbocycles. The van der Waals surface area contributed by atoms with Gasteiger partial charge in [0.05, 0.1) is 23.3 Å². The van der Waals surface area contributed by atoms with Gasteiger partial charge in [-0.15, -0.1) is 10.2 Å². The average Bonchev–Trinajstić information content (AvgIpc) is 3.76. The quantitative estimate of drug-likeness (QED) is 0.430. The highest BCUT2D eigenvalue weighted by molar-refractivity contribution is 6.04. The number of pyridine rings is 1. The molecule has 0 spiro atoms. The highest BCUT2D eigenvalue weighted by Gasteiger charge is 2.37. The summed E-state index contributed by atoms with van der Waals surface area (Å²) in [6, 6.07) is 8.33. The van der Waals surface area contributed by atoms with Gasteiger partial charge in [-0.3, -0.25) is 4.79 Å². The summed E-state index contributed by atoms with van der Waals surface area (Å²) in [6.07, 6.45) is 9.56. The Hall–Kier alpha value is -3.88. The molecule has 0 radical (unpaired) electrons. The SMILES string of the molecule is Cc1cc(F)c(C(=O)Nc2cccc(-c3nnc4n3CC(C3CC3)C4)n2)cc1-n1cnc(C2CC2)c1. The van der Waals surface area contributed by atoms with Crippen LogP contribution in [0.1, 0.15) is 59.0 Å². The van der Waals surface area contributed by atoms with E-state index in [2.05, 4.69) is 30.0 Å². The fraction of sp³-hybridized carbons (Fsp3) is 0.370. The second-order valence-electron chi connectivity index (χ2n) is 10.3. The summed E-state index contributed by atoms with van der Waals surface area (Å²) in [5.74, 6) is 2.86. The number of carbonyl (C=O) groups is 1. The molecule has 3 aromatic heterocycles. The van der Waals surface area contributed by atoms with Crippen LogP contribution in [-0.2, 0) is 13.0 Å². The van der Waals surface area contributed by atoms with Gasteiger partial charge < -0.3 is 14.5 Å². The molecule has 1 aliphatic heterocycles. The van der Waals surface area contributed by atoms with Crippen LogP contribution < -0.4 is 5.32 Å². The van der Waals surface area contributed by atoms with Crippen molar-refractivity contribution in [2.24, 2.45) is 11.8 Å². The van der Waals surface area contributed by atoms with Crippen molar-refractivity contribution in [2.75, 3.05) is 5.32 Å².